The first-order chi connectivity index (χ1) is 14.8. The lowest BCUT2D eigenvalue weighted by Gasteiger charge is -2.34. The number of fused-ring (bicyclic) bond motifs is 1. The van der Waals surface area contributed by atoms with Gasteiger partial charge in [-0.25, -0.2) is 8.42 Å². The highest BCUT2D eigenvalue weighted by Gasteiger charge is 2.35. The molecule has 1 atom stereocenters. The van der Waals surface area contributed by atoms with Crippen molar-refractivity contribution >= 4 is 49.8 Å². The Morgan fingerprint density at radius 3 is 2.77 bits per heavy atom. The lowest BCUT2D eigenvalue weighted by atomic mass is 10.1. The van der Waals surface area contributed by atoms with Crippen molar-refractivity contribution in [2.75, 3.05) is 22.4 Å². The highest BCUT2D eigenvalue weighted by Crippen LogP contribution is 2.36. The van der Waals surface area contributed by atoms with Crippen molar-refractivity contribution in [2.24, 2.45) is 0 Å². The van der Waals surface area contributed by atoms with Crippen molar-refractivity contribution in [3.63, 3.8) is 0 Å². The van der Waals surface area contributed by atoms with Crippen LogP contribution in [0.5, 0.6) is 5.75 Å². The lowest BCUT2D eigenvalue weighted by Crippen LogP contribution is -2.48. The van der Waals surface area contributed by atoms with E-state index in [0.29, 0.717) is 16.6 Å². The predicted octanol–water partition coefficient (Wildman–Crippen LogP) is 3.30. The van der Waals surface area contributed by atoms with Crippen LogP contribution in [0.1, 0.15) is 11.1 Å². The van der Waals surface area contributed by atoms with Crippen LogP contribution in [0.2, 0.25) is 0 Å². The first-order valence-corrected chi connectivity index (χ1v) is 13.0. The third-order valence-corrected chi connectivity index (χ3v) is 7.71. The van der Waals surface area contributed by atoms with Gasteiger partial charge in [0.1, 0.15) is 5.75 Å². The summed E-state index contributed by atoms with van der Waals surface area (Å²) in [6.45, 7) is 1.75. The van der Waals surface area contributed by atoms with Gasteiger partial charge in [-0.05, 0) is 30.2 Å². The third-order valence-electron chi connectivity index (χ3n) is 4.52. The molecule has 4 rings (SSSR count). The number of anilines is 2. The zero-order valence-electron chi connectivity index (χ0n) is 16.8. The Morgan fingerprint density at radius 1 is 1.26 bits per heavy atom. The fourth-order valence-corrected chi connectivity index (χ4v) is 5.65. The number of nitrogens with zero attached hydrogens (tertiary/aromatic N) is 3. The number of nitrogens with one attached hydrogen (secondary N) is 1. The van der Waals surface area contributed by atoms with Crippen molar-refractivity contribution in [2.45, 2.75) is 23.1 Å². The molecule has 31 heavy (non-hydrogen) atoms. The van der Waals surface area contributed by atoms with Crippen LogP contribution in [-0.2, 0) is 20.6 Å². The van der Waals surface area contributed by atoms with E-state index < -0.39 is 22.0 Å². The number of hydrogen-bond donors (Lipinski definition) is 1. The van der Waals surface area contributed by atoms with Crippen LogP contribution in [0.15, 0.2) is 52.9 Å². The van der Waals surface area contributed by atoms with Gasteiger partial charge in [-0.3, -0.25) is 14.4 Å². The van der Waals surface area contributed by atoms with Crippen molar-refractivity contribution in [3.8, 4) is 5.75 Å². The van der Waals surface area contributed by atoms with Crippen LogP contribution in [0.4, 0.5) is 10.8 Å². The molecule has 0 fully saturated rings. The van der Waals surface area contributed by atoms with Crippen molar-refractivity contribution in [1.29, 1.82) is 0 Å². The molecule has 162 valence electrons. The van der Waals surface area contributed by atoms with Gasteiger partial charge in [0, 0.05) is 5.75 Å². The van der Waals surface area contributed by atoms with Crippen LogP contribution < -0.4 is 14.4 Å². The number of amides is 1. The number of carbonyl (C=O) groups is 1. The van der Waals surface area contributed by atoms with Crippen molar-refractivity contribution in [3.05, 3.63) is 59.7 Å². The smallest absolute Gasteiger partial charge is 0.269 e. The minimum Gasteiger partial charge on any atom is -0.476 e. The molecular weight excluding hydrogens is 456 g/mol. The predicted molar refractivity (Wildman–Crippen MR) is 122 cm³/mol. The molecular formula is C20H20N4O4S3. The van der Waals surface area contributed by atoms with E-state index >= 15 is 0 Å². The maximum Gasteiger partial charge on any atom is 0.269 e. The zero-order valence-corrected chi connectivity index (χ0v) is 19.3. The Balaban J connectivity index is 1.44. The molecule has 0 bridgehead atoms. The number of sulfonamides is 1. The average molecular weight is 477 g/mol. The largest absolute Gasteiger partial charge is 0.476 e. The monoisotopic (exact) mass is 476 g/mol. The van der Waals surface area contributed by atoms with Crippen molar-refractivity contribution < 1.29 is 17.9 Å². The standard InChI is InChI=1S/C20H20N4O4S3/c1-13-8-9-16-15(10-13)24(31(2,26)27)11-17(28-16)18(25)21-19-22-23-20(30-19)29-12-14-6-4-3-5-7-14/h3-10,17H,11-12H2,1-2H3,(H,21,22,25)/t17-/m1/s1. The second-order valence-corrected chi connectivity index (χ2v) is 11.1. The maximum atomic E-state index is 12.8. The van der Waals surface area contributed by atoms with Crippen LogP contribution in [0.3, 0.4) is 0 Å². The van der Waals surface area contributed by atoms with Gasteiger partial charge in [0.05, 0.1) is 18.5 Å². The summed E-state index contributed by atoms with van der Waals surface area (Å²) in [6.07, 6.45) is 0.106. The summed E-state index contributed by atoms with van der Waals surface area (Å²) in [5.74, 6) is 0.615. The number of benzene rings is 2. The summed E-state index contributed by atoms with van der Waals surface area (Å²) in [7, 11) is -3.58. The maximum absolute atomic E-state index is 12.8. The molecule has 1 amide bonds. The van der Waals surface area contributed by atoms with E-state index in [1.165, 1.54) is 33.0 Å². The Bertz CT molecular complexity index is 1200. The first kappa shape index (κ1) is 21.6. The van der Waals surface area contributed by atoms with Gasteiger partial charge in [0.2, 0.25) is 15.2 Å². The van der Waals surface area contributed by atoms with Gasteiger partial charge in [-0.2, -0.15) is 0 Å². The number of carbonyl (C=O) groups excluding carboxylic acids is 1. The molecule has 8 nitrogen and oxygen atoms in total. The lowest BCUT2D eigenvalue weighted by molar-refractivity contribution is -0.122. The number of ether oxygens (including phenoxy) is 1. The fraction of sp³-hybridized carbons (Fsp3) is 0.250. The minimum atomic E-state index is -3.58. The molecule has 1 aliphatic heterocycles. The molecule has 0 saturated carbocycles. The van der Waals surface area contributed by atoms with Gasteiger partial charge in [-0.1, -0.05) is 59.5 Å². The first-order valence-electron chi connectivity index (χ1n) is 9.36. The molecule has 0 unspecified atom stereocenters. The Hall–Kier alpha value is -2.63. The topological polar surface area (TPSA) is 101 Å². The molecule has 1 aromatic heterocycles. The Labute approximate surface area is 188 Å². The number of aryl methyl sites for hydroxylation is 1. The quantitative estimate of drug-likeness (QED) is 0.430. The minimum absolute atomic E-state index is 0.116. The summed E-state index contributed by atoms with van der Waals surface area (Å²) in [6, 6.07) is 15.2. The van der Waals surface area contributed by atoms with Crippen LogP contribution in [0, 0.1) is 6.92 Å². The molecule has 2 aromatic carbocycles. The normalized spacial score (nSPS) is 15.8. The van der Waals surface area contributed by atoms with E-state index in [0.717, 1.165) is 21.9 Å². The molecule has 0 saturated heterocycles. The van der Waals surface area contributed by atoms with Gasteiger partial charge >= 0.3 is 0 Å². The number of hydrogen-bond acceptors (Lipinski definition) is 8. The van der Waals surface area contributed by atoms with Gasteiger partial charge in [0.25, 0.3) is 5.91 Å². The summed E-state index contributed by atoms with van der Waals surface area (Å²) in [5.41, 5.74) is 2.49. The molecule has 0 aliphatic carbocycles. The van der Waals surface area contributed by atoms with E-state index in [1.807, 2.05) is 37.3 Å². The molecule has 2 heterocycles. The molecule has 1 N–H and O–H groups in total. The van der Waals surface area contributed by atoms with E-state index in [-0.39, 0.29) is 6.54 Å². The summed E-state index contributed by atoms with van der Waals surface area (Å²) in [4.78, 5) is 12.8. The molecule has 0 spiro atoms. The van der Waals surface area contributed by atoms with E-state index in [1.54, 1.807) is 18.2 Å². The SMILES string of the molecule is Cc1ccc2c(c1)N(S(C)(=O)=O)C[C@H](C(=O)Nc1nnc(SCc3ccccc3)s1)O2. The number of rotatable bonds is 6. The Morgan fingerprint density at radius 2 is 2.03 bits per heavy atom. The average Bonchev–Trinajstić information content (AvgIpc) is 3.18. The van der Waals surface area contributed by atoms with E-state index in [2.05, 4.69) is 15.5 Å². The van der Waals surface area contributed by atoms with E-state index in [4.69, 9.17) is 4.74 Å². The molecule has 0 radical (unpaired) electrons. The summed E-state index contributed by atoms with van der Waals surface area (Å²) >= 11 is 2.79. The summed E-state index contributed by atoms with van der Waals surface area (Å²) in [5, 5.41) is 11.1. The number of aromatic nitrogens is 2. The second kappa shape index (κ2) is 8.85. The number of thioether (sulfide) groups is 1. The molecule has 11 heteroatoms. The van der Waals surface area contributed by atoms with E-state index in [9.17, 15) is 13.2 Å². The highest BCUT2D eigenvalue weighted by atomic mass is 32.2. The molecule has 3 aromatic rings. The van der Waals surface area contributed by atoms with Crippen LogP contribution in [0.25, 0.3) is 0 Å². The highest BCUT2D eigenvalue weighted by molar-refractivity contribution is 8.00. The van der Waals surface area contributed by atoms with Crippen LogP contribution in [-0.4, -0.2) is 43.4 Å². The molecule has 1 aliphatic rings. The van der Waals surface area contributed by atoms with Gasteiger partial charge < -0.3 is 4.74 Å². The van der Waals surface area contributed by atoms with Crippen molar-refractivity contribution in [1.82, 2.24) is 10.2 Å². The second-order valence-electron chi connectivity index (χ2n) is 7.01. The third kappa shape index (κ3) is 5.17. The van der Waals surface area contributed by atoms with Gasteiger partial charge in [0.15, 0.2) is 10.4 Å². The summed E-state index contributed by atoms with van der Waals surface area (Å²) < 4.78 is 32.3. The van der Waals surface area contributed by atoms with Crippen LogP contribution >= 0.6 is 23.1 Å². The fourth-order valence-electron chi connectivity index (χ4n) is 3.04. The van der Waals surface area contributed by atoms with Gasteiger partial charge in [-0.15, -0.1) is 10.2 Å². The Kier molecular flexibility index (Phi) is 6.17. The zero-order chi connectivity index (χ0) is 22.0.